The second-order valence-electron chi connectivity index (χ2n) is 5.20. The van der Waals surface area contributed by atoms with E-state index in [1.807, 2.05) is 32.9 Å². The summed E-state index contributed by atoms with van der Waals surface area (Å²) in [5.41, 5.74) is 6.00. The van der Waals surface area contributed by atoms with Crippen molar-refractivity contribution in [1.29, 1.82) is 0 Å². The number of carbonyl (C=O) groups is 1. The largest absolute Gasteiger partial charge is 0.492 e. The summed E-state index contributed by atoms with van der Waals surface area (Å²) in [4.78, 5) is 11.0. The molecule has 0 saturated carbocycles. The second kappa shape index (κ2) is 7.43. The Kier molecular flexibility index (Phi) is 6.48. The number of halogens is 2. The van der Waals surface area contributed by atoms with Gasteiger partial charge in [-0.3, -0.25) is 4.79 Å². The summed E-state index contributed by atoms with van der Waals surface area (Å²) in [6, 6.07) is 4.01. The van der Waals surface area contributed by atoms with Crippen molar-refractivity contribution in [3.63, 3.8) is 0 Å². The summed E-state index contributed by atoms with van der Waals surface area (Å²) in [5.74, 6) is 0.490. The minimum absolute atomic E-state index is 0.298. The third-order valence-corrected chi connectivity index (χ3v) is 3.91. The van der Waals surface area contributed by atoms with E-state index in [0.29, 0.717) is 19.6 Å². The molecule has 0 bridgehead atoms. The third-order valence-electron chi connectivity index (χ3n) is 2.73. The molecule has 0 fully saturated rings. The first-order valence-corrected chi connectivity index (χ1v) is 7.98. The number of nitrogens with two attached hydrogens (primary N) is 1. The first-order valence-electron chi connectivity index (χ1n) is 6.39. The molecule has 0 aromatic heterocycles. The summed E-state index contributed by atoms with van der Waals surface area (Å²) < 4.78 is 7.35. The number of hydrogen-bond donors (Lipinski definition) is 2. The molecule has 20 heavy (non-hydrogen) atoms. The lowest BCUT2D eigenvalue weighted by atomic mass is 10.00. The Balaban J connectivity index is 2.77. The minimum Gasteiger partial charge on any atom is -0.492 e. The number of nitrogens with one attached hydrogen (secondary N) is 1. The summed E-state index contributed by atoms with van der Waals surface area (Å²) in [6.07, 6.45) is 0.298. The van der Waals surface area contributed by atoms with Gasteiger partial charge in [0, 0.05) is 18.5 Å². The molecule has 1 aromatic rings. The lowest BCUT2D eigenvalue weighted by molar-refractivity contribution is -0.119. The highest BCUT2D eigenvalue weighted by Gasteiger charge is 2.20. The molecule has 0 atom stereocenters. The van der Waals surface area contributed by atoms with Gasteiger partial charge in [0.25, 0.3) is 0 Å². The molecule has 112 valence electrons. The zero-order valence-corrected chi connectivity index (χ0v) is 15.1. The van der Waals surface area contributed by atoms with E-state index in [1.165, 1.54) is 0 Å². The molecule has 1 aromatic carbocycles. The summed E-state index contributed by atoms with van der Waals surface area (Å²) in [6.45, 7) is 7.11. The summed E-state index contributed by atoms with van der Waals surface area (Å²) >= 11 is 7.01. The zero-order valence-electron chi connectivity index (χ0n) is 11.9. The number of ether oxygens (including phenoxy) is 1. The van der Waals surface area contributed by atoms with Crippen molar-refractivity contribution in [2.24, 2.45) is 5.73 Å². The van der Waals surface area contributed by atoms with Crippen molar-refractivity contribution in [2.45, 2.75) is 39.3 Å². The van der Waals surface area contributed by atoms with Crippen molar-refractivity contribution >= 4 is 37.8 Å². The molecular formula is C14H20Br2N2O2. The Morgan fingerprint density at radius 2 is 1.90 bits per heavy atom. The van der Waals surface area contributed by atoms with Gasteiger partial charge in [-0.1, -0.05) is 0 Å². The number of benzene rings is 1. The van der Waals surface area contributed by atoms with Gasteiger partial charge in [0.1, 0.15) is 5.75 Å². The van der Waals surface area contributed by atoms with Gasteiger partial charge in [-0.25, -0.2) is 0 Å². The standard InChI is InChI=1S/C14H20Br2N2O2/c1-4-20-13-10(15)5-9(6-11(13)16)8-18-14(2,3)7-12(17)19/h5-6,18H,4,7-8H2,1-3H3,(H2,17,19). The Labute approximate surface area is 136 Å². The van der Waals surface area contributed by atoms with Crippen LogP contribution < -0.4 is 15.8 Å². The fourth-order valence-corrected chi connectivity index (χ4v) is 3.35. The van der Waals surface area contributed by atoms with E-state index in [1.54, 1.807) is 0 Å². The van der Waals surface area contributed by atoms with Crippen molar-refractivity contribution in [3.8, 4) is 5.75 Å². The van der Waals surface area contributed by atoms with Crippen LogP contribution in [0.2, 0.25) is 0 Å². The van der Waals surface area contributed by atoms with E-state index >= 15 is 0 Å². The maximum absolute atomic E-state index is 11.0. The molecule has 0 aliphatic rings. The molecule has 0 aliphatic heterocycles. The highest BCUT2D eigenvalue weighted by molar-refractivity contribution is 9.11. The molecule has 4 nitrogen and oxygen atoms in total. The van der Waals surface area contributed by atoms with E-state index < -0.39 is 0 Å². The fourth-order valence-electron chi connectivity index (χ4n) is 1.84. The van der Waals surface area contributed by atoms with Gasteiger partial charge < -0.3 is 15.8 Å². The van der Waals surface area contributed by atoms with Crippen LogP contribution in [0.3, 0.4) is 0 Å². The molecule has 6 heteroatoms. The van der Waals surface area contributed by atoms with Crippen LogP contribution in [-0.2, 0) is 11.3 Å². The van der Waals surface area contributed by atoms with Crippen LogP contribution in [0, 0.1) is 0 Å². The molecule has 3 N–H and O–H groups in total. The zero-order chi connectivity index (χ0) is 15.3. The van der Waals surface area contributed by atoms with Crippen molar-refractivity contribution in [1.82, 2.24) is 5.32 Å². The molecule has 1 amide bonds. The average Bonchev–Trinajstić information content (AvgIpc) is 2.30. The van der Waals surface area contributed by atoms with Gasteiger partial charge in [0.2, 0.25) is 5.91 Å². The van der Waals surface area contributed by atoms with Crippen LogP contribution in [0.4, 0.5) is 0 Å². The van der Waals surface area contributed by atoms with Crippen LogP contribution in [0.5, 0.6) is 5.75 Å². The number of primary amides is 1. The van der Waals surface area contributed by atoms with E-state index in [-0.39, 0.29) is 11.4 Å². The van der Waals surface area contributed by atoms with Gasteiger partial charge in [-0.05, 0) is 70.3 Å². The van der Waals surface area contributed by atoms with Gasteiger partial charge in [-0.2, -0.15) is 0 Å². The average molecular weight is 408 g/mol. The van der Waals surface area contributed by atoms with Crippen LogP contribution in [0.1, 0.15) is 32.8 Å². The van der Waals surface area contributed by atoms with E-state index in [4.69, 9.17) is 10.5 Å². The predicted octanol–water partition coefficient (Wildman–Crippen LogP) is 3.35. The third kappa shape index (κ3) is 5.42. The van der Waals surface area contributed by atoms with Gasteiger partial charge >= 0.3 is 0 Å². The van der Waals surface area contributed by atoms with Crippen LogP contribution in [0.15, 0.2) is 21.1 Å². The highest BCUT2D eigenvalue weighted by atomic mass is 79.9. The normalized spacial score (nSPS) is 11.4. The fraction of sp³-hybridized carbons (Fsp3) is 0.500. The van der Waals surface area contributed by atoms with Crippen LogP contribution >= 0.6 is 31.9 Å². The van der Waals surface area contributed by atoms with Crippen LogP contribution in [-0.4, -0.2) is 18.1 Å². The predicted molar refractivity (Wildman–Crippen MR) is 87.7 cm³/mol. The molecule has 0 unspecified atom stereocenters. The maximum atomic E-state index is 11.0. The van der Waals surface area contributed by atoms with E-state index in [2.05, 4.69) is 37.2 Å². The second-order valence-corrected chi connectivity index (χ2v) is 6.91. The quantitative estimate of drug-likeness (QED) is 0.728. The lowest BCUT2D eigenvalue weighted by Gasteiger charge is -2.25. The Morgan fingerprint density at radius 1 is 1.35 bits per heavy atom. The molecule has 1 rings (SSSR count). The minimum atomic E-state index is -0.330. The highest BCUT2D eigenvalue weighted by Crippen LogP contribution is 2.34. The summed E-state index contributed by atoms with van der Waals surface area (Å²) in [7, 11) is 0. The number of amides is 1. The van der Waals surface area contributed by atoms with E-state index in [0.717, 1.165) is 20.3 Å². The molecule has 0 spiro atoms. The van der Waals surface area contributed by atoms with Gasteiger partial charge in [-0.15, -0.1) is 0 Å². The Morgan fingerprint density at radius 3 is 2.35 bits per heavy atom. The number of rotatable bonds is 7. The monoisotopic (exact) mass is 406 g/mol. The van der Waals surface area contributed by atoms with Crippen molar-refractivity contribution < 1.29 is 9.53 Å². The Hall–Kier alpha value is -0.590. The Bertz CT molecular complexity index is 467. The molecule has 0 radical (unpaired) electrons. The van der Waals surface area contributed by atoms with Gasteiger partial charge in [0.05, 0.1) is 15.6 Å². The maximum Gasteiger partial charge on any atom is 0.219 e. The topological polar surface area (TPSA) is 64.3 Å². The van der Waals surface area contributed by atoms with Crippen LogP contribution in [0.25, 0.3) is 0 Å². The van der Waals surface area contributed by atoms with E-state index in [9.17, 15) is 4.79 Å². The number of hydrogen-bond acceptors (Lipinski definition) is 3. The molecule has 0 saturated heterocycles. The number of carbonyl (C=O) groups excluding carboxylic acids is 1. The summed E-state index contributed by atoms with van der Waals surface area (Å²) in [5, 5.41) is 3.33. The lowest BCUT2D eigenvalue weighted by Crippen LogP contribution is -2.42. The van der Waals surface area contributed by atoms with Crippen molar-refractivity contribution in [2.75, 3.05) is 6.61 Å². The first-order chi connectivity index (χ1) is 9.25. The molecular weight excluding hydrogens is 388 g/mol. The SMILES string of the molecule is CCOc1c(Br)cc(CNC(C)(C)CC(N)=O)cc1Br. The van der Waals surface area contributed by atoms with Gasteiger partial charge in [0.15, 0.2) is 0 Å². The smallest absolute Gasteiger partial charge is 0.219 e. The van der Waals surface area contributed by atoms with Crippen molar-refractivity contribution in [3.05, 3.63) is 26.6 Å². The molecule has 0 heterocycles. The first kappa shape index (κ1) is 17.5. The molecule has 0 aliphatic carbocycles.